The molecule has 2 unspecified atom stereocenters. The molecule has 12 rings (SSSR count). The first kappa shape index (κ1) is 63.8. The highest BCUT2D eigenvalue weighted by Crippen LogP contribution is 2.38. The van der Waals surface area contributed by atoms with Crippen molar-refractivity contribution in [3.8, 4) is 12.0 Å². The van der Waals surface area contributed by atoms with Gasteiger partial charge < -0.3 is 53.5 Å². The minimum absolute atomic E-state index is 0. The highest BCUT2D eigenvalue weighted by molar-refractivity contribution is 7.59. The van der Waals surface area contributed by atoms with Crippen LogP contribution in [-0.4, -0.2) is 180 Å². The molecule has 6 aromatic rings. The van der Waals surface area contributed by atoms with Gasteiger partial charge in [0.25, 0.3) is 0 Å². The smallest absolute Gasteiger partial charge is 0.318 e. The molecule has 4 atom stereocenters. The van der Waals surface area contributed by atoms with Crippen LogP contribution >= 0.6 is 27.0 Å². The zero-order valence-corrected chi connectivity index (χ0v) is 52.5. The number of fused-ring (bicyclic) bond motifs is 4. The van der Waals surface area contributed by atoms with Crippen LogP contribution in [0.4, 0.5) is 27.4 Å². The SMILES string of the molecule is S.S.[C-]#[N+]CC1CN(c2nc(OC[C@@H]3CCC(C)(C)N3C)nc3c2CCN(c2cccc4ccccc24)C3)CCN1C(=O)C=C.[C-]#[N+]CC1CN(c2nc(OC[C@@H]3CCCN3C)nc3c2CCN(c2cccc4ccc(F)cc24)C3)CCN1C(=O)C=C. The van der Waals surface area contributed by atoms with E-state index >= 15 is 0 Å². The topological polar surface area (TPSA) is 139 Å². The molecule has 4 fully saturated rings. The average molecular weight is 1220 g/mol. The van der Waals surface area contributed by atoms with Gasteiger partial charge in [-0.25, -0.2) is 17.5 Å². The number of anilines is 4. The lowest BCUT2D eigenvalue weighted by molar-refractivity contribution is -0.129. The third-order valence-electron chi connectivity index (χ3n) is 18.5. The van der Waals surface area contributed by atoms with E-state index in [1.807, 2.05) is 24.3 Å². The van der Waals surface area contributed by atoms with Gasteiger partial charge in [0.15, 0.2) is 0 Å². The summed E-state index contributed by atoms with van der Waals surface area (Å²) < 4.78 is 26.9. The van der Waals surface area contributed by atoms with Crippen LogP contribution in [0.3, 0.4) is 0 Å². The molecule has 4 aromatic carbocycles. The number of likely N-dealkylation sites (tertiary alicyclic amines) is 2. The maximum atomic E-state index is 14.2. The van der Waals surface area contributed by atoms with Crippen molar-refractivity contribution in [2.45, 2.75) is 95.2 Å². The number of rotatable bonds is 14. The second-order valence-electron chi connectivity index (χ2n) is 23.9. The Hall–Kier alpha value is -7.69. The molecular formula is C66H81FN14O4S2. The number of hydrogen-bond donors (Lipinski definition) is 0. The van der Waals surface area contributed by atoms with Crippen LogP contribution in [0.1, 0.15) is 62.0 Å². The van der Waals surface area contributed by atoms with E-state index in [0.29, 0.717) is 96.1 Å². The van der Waals surface area contributed by atoms with Gasteiger partial charge in [0.1, 0.15) is 42.8 Å². The van der Waals surface area contributed by atoms with E-state index < -0.39 is 0 Å². The van der Waals surface area contributed by atoms with Crippen LogP contribution in [0.5, 0.6) is 12.0 Å². The highest BCUT2D eigenvalue weighted by atomic mass is 32.1. The summed E-state index contributed by atoms with van der Waals surface area (Å²) in [5.74, 6) is 1.15. The Bertz CT molecular complexity index is 3570. The van der Waals surface area contributed by atoms with Gasteiger partial charge in [0.05, 0.1) is 24.5 Å². The molecule has 2 aromatic heterocycles. The van der Waals surface area contributed by atoms with Crippen molar-refractivity contribution in [2.24, 2.45) is 0 Å². The molecule has 2 amide bonds. The fourth-order valence-corrected chi connectivity index (χ4v) is 13.4. The molecule has 458 valence electrons. The van der Waals surface area contributed by atoms with E-state index in [9.17, 15) is 14.0 Å². The Morgan fingerprint density at radius 3 is 1.66 bits per heavy atom. The van der Waals surface area contributed by atoms with Gasteiger partial charge in [0, 0.05) is 103 Å². The quantitative estimate of drug-likeness (QED) is 0.0759. The predicted molar refractivity (Wildman–Crippen MR) is 352 cm³/mol. The van der Waals surface area contributed by atoms with Crippen molar-refractivity contribution in [1.29, 1.82) is 0 Å². The fraction of sp³-hybridized carbons (Fsp3) is 0.455. The molecule has 0 spiro atoms. The minimum Gasteiger partial charge on any atom is -0.462 e. The van der Waals surface area contributed by atoms with Crippen molar-refractivity contribution >= 4 is 83.4 Å². The van der Waals surface area contributed by atoms with Crippen molar-refractivity contribution in [1.82, 2.24) is 39.5 Å². The number of aromatic nitrogens is 4. The maximum Gasteiger partial charge on any atom is 0.318 e. The van der Waals surface area contributed by atoms with Crippen LogP contribution < -0.4 is 29.1 Å². The molecule has 0 saturated carbocycles. The number of hydrogen-bond acceptors (Lipinski definition) is 14. The molecule has 0 radical (unpaired) electrons. The zero-order chi connectivity index (χ0) is 59.4. The summed E-state index contributed by atoms with van der Waals surface area (Å²) in [5.41, 5.74) is 6.39. The van der Waals surface area contributed by atoms with Crippen molar-refractivity contribution in [2.75, 3.05) is 119 Å². The molecule has 6 aliphatic rings. The normalized spacial score (nSPS) is 20.9. The third kappa shape index (κ3) is 13.7. The summed E-state index contributed by atoms with van der Waals surface area (Å²) >= 11 is 0. The van der Waals surface area contributed by atoms with Gasteiger partial charge >= 0.3 is 12.0 Å². The molecule has 4 saturated heterocycles. The average Bonchev–Trinajstić information content (AvgIpc) is 2.03. The van der Waals surface area contributed by atoms with Crippen LogP contribution in [-0.2, 0) is 35.5 Å². The lowest BCUT2D eigenvalue weighted by Crippen LogP contribution is -2.56. The standard InChI is InChI=1S/C34H41N7O2.C32H36FN7O2.2H2S/c1-6-31(42)41-19-18-40(21-26(41)20-35-4)32-28-15-17-39(30-13-9-11-24-10-7-8-12-27(24)30)22-29(28)36-33(37-32)43-23-25-14-16-34(2,3)38(25)5;1-4-30(41)40-16-15-39(19-25(40)18-34-2)31-26-12-14-38(29-9-5-7-22-10-11-23(33)17-27(22)29)20-28(26)35-32(36-31)42-21-24-8-6-13-37(24)3;;/h6-13,25-26H,1,14-23H2,2-3,5H3;4-5,7,9-11,17,24-25H,1,6,8,12-16,18-21H2,3H3;2*1H2/t25-,26?;24-,25?;;/m00../s1. The lowest BCUT2D eigenvalue weighted by atomic mass is 10.0. The van der Waals surface area contributed by atoms with Crippen molar-refractivity contribution < 1.29 is 23.5 Å². The first-order valence-electron chi connectivity index (χ1n) is 29.9. The monoisotopic (exact) mass is 1220 g/mol. The number of ether oxygens (including phenoxy) is 2. The number of halogens is 1. The minimum atomic E-state index is -0.257. The Morgan fingerprint density at radius 1 is 0.632 bits per heavy atom. The van der Waals surface area contributed by atoms with E-state index in [1.165, 1.54) is 34.7 Å². The van der Waals surface area contributed by atoms with E-state index in [-0.39, 0.29) is 75.3 Å². The Morgan fingerprint density at radius 2 is 1.15 bits per heavy atom. The molecule has 0 aliphatic carbocycles. The summed E-state index contributed by atoms with van der Waals surface area (Å²) in [6, 6.07) is 26.8. The number of carbonyl (C=O) groups excluding carboxylic acids is 2. The maximum absolute atomic E-state index is 14.2. The summed E-state index contributed by atoms with van der Waals surface area (Å²) in [6.07, 6.45) is 8.61. The van der Waals surface area contributed by atoms with Crippen LogP contribution in [0.25, 0.3) is 31.2 Å². The summed E-state index contributed by atoms with van der Waals surface area (Å²) in [4.78, 5) is 69.5. The number of amides is 2. The van der Waals surface area contributed by atoms with Crippen molar-refractivity contribution in [3.05, 3.63) is 155 Å². The third-order valence-corrected chi connectivity index (χ3v) is 18.5. The summed E-state index contributed by atoms with van der Waals surface area (Å²) in [5, 5.41) is 4.32. The molecule has 8 heterocycles. The second-order valence-corrected chi connectivity index (χ2v) is 23.9. The van der Waals surface area contributed by atoms with E-state index in [2.05, 4.69) is 123 Å². The molecule has 0 N–H and O–H groups in total. The molecule has 18 nitrogen and oxygen atoms in total. The second kappa shape index (κ2) is 28.0. The molecular weight excluding hydrogens is 1140 g/mol. The van der Waals surface area contributed by atoms with Gasteiger partial charge in [-0.15, -0.1) is 0 Å². The van der Waals surface area contributed by atoms with Crippen molar-refractivity contribution in [3.63, 3.8) is 0 Å². The van der Waals surface area contributed by atoms with Gasteiger partial charge in [-0.2, -0.15) is 46.9 Å². The zero-order valence-electron chi connectivity index (χ0n) is 50.5. The van der Waals surface area contributed by atoms with Crippen LogP contribution in [0.15, 0.2) is 104 Å². The molecule has 87 heavy (non-hydrogen) atoms. The Balaban J connectivity index is 0.000000203. The molecule has 21 heteroatoms. The number of benzene rings is 4. The number of carbonyl (C=O) groups is 2. The van der Waals surface area contributed by atoms with E-state index in [0.717, 1.165) is 102 Å². The van der Waals surface area contributed by atoms with Gasteiger partial charge in [0.2, 0.25) is 24.9 Å². The van der Waals surface area contributed by atoms with Gasteiger partial charge in [-0.1, -0.05) is 67.8 Å². The van der Waals surface area contributed by atoms with Crippen LogP contribution in [0, 0.1) is 19.0 Å². The highest BCUT2D eigenvalue weighted by Gasteiger charge is 2.39. The van der Waals surface area contributed by atoms with Gasteiger partial charge in [-0.05, 0) is 120 Å². The summed E-state index contributed by atoms with van der Waals surface area (Å²) in [6.45, 7) is 35.5. The number of likely N-dealkylation sites (N-methyl/N-ethyl adjacent to an activating group) is 2. The number of piperazine rings is 2. The summed E-state index contributed by atoms with van der Waals surface area (Å²) in [7, 11) is 4.29. The Labute approximate surface area is 525 Å². The predicted octanol–water partition coefficient (Wildman–Crippen LogP) is 8.72. The first-order chi connectivity index (χ1) is 41.2. The van der Waals surface area contributed by atoms with E-state index in [4.69, 9.17) is 42.6 Å². The fourth-order valence-electron chi connectivity index (χ4n) is 13.4. The first-order valence-corrected chi connectivity index (χ1v) is 29.9. The van der Waals surface area contributed by atoms with Gasteiger partial charge in [-0.3, -0.25) is 14.5 Å². The van der Waals surface area contributed by atoms with Crippen LogP contribution in [0.2, 0.25) is 0 Å². The number of nitrogens with zero attached hydrogens (tertiary/aromatic N) is 14. The van der Waals surface area contributed by atoms with E-state index in [1.54, 1.807) is 15.9 Å². The lowest BCUT2D eigenvalue weighted by Gasteiger charge is -2.41. The molecule has 0 bridgehead atoms. The molecule has 6 aliphatic heterocycles. The largest absolute Gasteiger partial charge is 0.462 e. The Kier molecular flexibility index (Phi) is 20.5.